The summed E-state index contributed by atoms with van der Waals surface area (Å²) in [4.78, 5) is 24.5. The SMILES string of the molecule is CC1CC1NC(=O)N1CCCCC1CC(=O)O. The van der Waals surface area contributed by atoms with Gasteiger partial charge in [-0.1, -0.05) is 6.92 Å². The Morgan fingerprint density at radius 1 is 1.41 bits per heavy atom. The largest absolute Gasteiger partial charge is 0.481 e. The molecule has 1 heterocycles. The molecule has 3 atom stereocenters. The van der Waals surface area contributed by atoms with E-state index in [1.165, 1.54) is 0 Å². The van der Waals surface area contributed by atoms with Crippen molar-refractivity contribution < 1.29 is 14.7 Å². The van der Waals surface area contributed by atoms with Crippen LogP contribution >= 0.6 is 0 Å². The number of piperidine rings is 1. The summed E-state index contributed by atoms with van der Waals surface area (Å²) in [5, 5.41) is 11.8. The number of likely N-dealkylation sites (tertiary alicyclic amines) is 1. The molecule has 1 saturated carbocycles. The van der Waals surface area contributed by atoms with Crippen molar-refractivity contribution in [1.29, 1.82) is 0 Å². The Labute approximate surface area is 101 Å². The highest BCUT2D eigenvalue weighted by Crippen LogP contribution is 2.29. The first-order chi connectivity index (χ1) is 8.08. The van der Waals surface area contributed by atoms with Gasteiger partial charge in [-0.05, 0) is 31.6 Å². The van der Waals surface area contributed by atoms with Crippen LogP contribution in [0.25, 0.3) is 0 Å². The van der Waals surface area contributed by atoms with Gasteiger partial charge >= 0.3 is 12.0 Å². The van der Waals surface area contributed by atoms with E-state index in [9.17, 15) is 9.59 Å². The van der Waals surface area contributed by atoms with Gasteiger partial charge in [-0.2, -0.15) is 0 Å². The van der Waals surface area contributed by atoms with E-state index in [4.69, 9.17) is 5.11 Å². The Morgan fingerprint density at radius 3 is 2.71 bits per heavy atom. The number of hydrogen-bond acceptors (Lipinski definition) is 2. The van der Waals surface area contributed by atoms with Crippen molar-refractivity contribution in [3.63, 3.8) is 0 Å². The van der Waals surface area contributed by atoms with Crippen LogP contribution in [-0.2, 0) is 4.79 Å². The van der Waals surface area contributed by atoms with E-state index < -0.39 is 5.97 Å². The summed E-state index contributed by atoms with van der Waals surface area (Å²) in [6.07, 6.45) is 3.90. The van der Waals surface area contributed by atoms with Crippen LogP contribution in [0.5, 0.6) is 0 Å². The van der Waals surface area contributed by atoms with Gasteiger partial charge in [-0.25, -0.2) is 4.79 Å². The second-order valence-corrected chi connectivity index (χ2v) is 5.21. The minimum absolute atomic E-state index is 0.0631. The summed E-state index contributed by atoms with van der Waals surface area (Å²) >= 11 is 0. The molecule has 2 rings (SSSR count). The smallest absolute Gasteiger partial charge is 0.317 e. The van der Waals surface area contributed by atoms with E-state index in [2.05, 4.69) is 12.2 Å². The van der Waals surface area contributed by atoms with E-state index in [1.54, 1.807) is 4.90 Å². The Bertz CT molecular complexity index is 319. The molecule has 2 aliphatic rings. The molecular weight excluding hydrogens is 220 g/mol. The van der Waals surface area contributed by atoms with Crippen LogP contribution in [-0.4, -0.2) is 40.6 Å². The quantitative estimate of drug-likeness (QED) is 0.784. The van der Waals surface area contributed by atoms with Crippen LogP contribution < -0.4 is 5.32 Å². The first-order valence-corrected chi connectivity index (χ1v) is 6.37. The number of nitrogens with one attached hydrogen (secondary N) is 1. The van der Waals surface area contributed by atoms with Crippen molar-refractivity contribution >= 4 is 12.0 Å². The number of carboxylic acid groups (broad SMARTS) is 1. The Kier molecular flexibility index (Phi) is 3.54. The minimum Gasteiger partial charge on any atom is -0.481 e. The summed E-state index contributed by atoms with van der Waals surface area (Å²) in [5.74, 6) is -0.254. The Morgan fingerprint density at radius 2 is 2.12 bits per heavy atom. The molecule has 0 radical (unpaired) electrons. The van der Waals surface area contributed by atoms with Gasteiger partial charge in [-0.15, -0.1) is 0 Å². The van der Waals surface area contributed by atoms with Gasteiger partial charge in [0.05, 0.1) is 6.42 Å². The van der Waals surface area contributed by atoms with E-state index in [0.29, 0.717) is 18.5 Å². The minimum atomic E-state index is -0.825. The number of rotatable bonds is 3. The monoisotopic (exact) mass is 240 g/mol. The van der Waals surface area contributed by atoms with Crippen molar-refractivity contribution in [3.05, 3.63) is 0 Å². The maximum atomic E-state index is 12.0. The summed E-state index contributed by atoms with van der Waals surface area (Å²) in [5.41, 5.74) is 0. The normalized spacial score (nSPS) is 32.1. The number of carbonyl (C=O) groups excluding carboxylic acids is 1. The lowest BCUT2D eigenvalue weighted by molar-refractivity contribution is -0.138. The number of urea groups is 1. The molecule has 17 heavy (non-hydrogen) atoms. The molecule has 1 aliphatic carbocycles. The second-order valence-electron chi connectivity index (χ2n) is 5.21. The van der Waals surface area contributed by atoms with Crippen molar-refractivity contribution in [3.8, 4) is 0 Å². The van der Waals surface area contributed by atoms with E-state index in [0.717, 1.165) is 25.7 Å². The van der Waals surface area contributed by atoms with E-state index in [1.807, 2.05) is 0 Å². The second kappa shape index (κ2) is 4.94. The van der Waals surface area contributed by atoms with Crippen molar-refractivity contribution in [2.24, 2.45) is 5.92 Å². The lowest BCUT2D eigenvalue weighted by atomic mass is 10.00. The Hall–Kier alpha value is -1.26. The van der Waals surface area contributed by atoms with Crippen LogP contribution in [0.15, 0.2) is 0 Å². The Balaban J connectivity index is 1.90. The fourth-order valence-corrected chi connectivity index (χ4v) is 2.45. The predicted octanol–water partition coefficient (Wildman–Crippen LogP) is 1.43. The third-order valence-corrected chi connectivity index (χ3v) is 3.72. The maximum absolute atomic E-state index is 12.0. The summed E-state index contributed by atoms with van der Waals surface area (Å²) < 4.78 is 0. The number of hydrogen-bond donors (Lipinski definition) is 2. The first kappa shape index (κ1) is 12.2. The van der Waals surface area contributed by atoms with Crippen LogP contribution in [0, 0.1) is 5.92 Å². The van der Waals surface area contributed by atoms with Gasteiger partial charge in [0.25, 0.3) is 0 Å². The average Bonchev–Trinajstić information content (AvgIpc) is 2.94. The highest BCUT2D eigenvalue weighted by Gasteiger charge is 2.36. The molecule has 1 saturated heterocycles. The zero-order valence-electron chi connectivity index (χ0n) is 10.2. The van der Waals surface area contributed by atoms with Crippen LogP contribution in [0.4, 0.5) is 4.79 Å². The molecule has 0 aromatic rings. The molecule has 96 valence electrons. The molecule has 2 fully saturated rings. The highest BCUT2D eigenvalue weighted by atomic mass is 16.4. The van der Waals surface area contributed by atoms with Crippen LogP contribution in [0.3, 0.4) is 0 Å². The van der Waals surface area contributed by atoms with Crippen LogP contribution in [0.2, 0.25) is 0 Å². The van der Waals surface area contributed by atoms with Gasteiger partial charge in [-0.3, -0.25) is 4.79 Å². The van der Waals surface area contributed by atoms with Gasteiger partial charge in [0, 0.05) is 18.6 Å². The van der Waals surface area contributed by atoms with Gasteiger partial charge < -0.3 is 15.3 Å². The number of amides is 2. The molecule has 0 bridgehead atoms. The maximum Gasteiger partial charge on any atom is 0.317 e. The summed E-state index contributed by atoms with van der Waals surface area (Å²) in [7, 11) is 0. The molecule has 1 aliphatic heterocycles. The van der Waals surface area contributed by atoms with E-state index in [-0.39, 0.29) is 18.5 Å². The molecule has 5 nitrogen and oxygen atoms in total. The number of aliphatic carboxylic acids is 1. The topological polar surface area (TPSA) is 69.6 Å². The molecule has 3 unspecified atom stereocenters. The summed E-state index contributed by atoms with van der Waals surface area (Å²) in [6, 6.07) is 0.0931. The molecular formula is C12H20N2O3. The lowest BCUT2D eigenvalue weighted by Crippen LogP contribution is -2.50. The van der Waals surface area contributed by atoms with Crippen molar-refractivity contribution in [1.82, 2.24) is 10.2 Å². The van der Waals surface area contributed by atoms with Gasteiger partial charge in [0.1, 0.15) is 0 Å². The molecule has 5 heteroatoms. The van der Waals surface area contributed by atoms with Gasteiger partial charge in [0.15, 0.2) is 0 Å². The van der Waals surface area contributed by atoms with E-state index >= 15 is 0 Å². The zero-order chi connectivity index (χ0) is 12.4. The standard InChI is InChI=1S/C12H20N2O3/c1-8-6-10(8)13-12(17)14-5-3-2-4-9(14)7-11(15)16/h8-10H,2-7H2,1H3,(H,13,17)(H,15,16). The fraction of sp³-hybridized carbons (Fsp3) is 0.833. The average molecular weight is 240 g/mol. The van der Waals surface area contributed by atoms with Crippen molar-refractivity contribution in [2.45, 2.75) is 51.1 Å². The first-order valence-electron chi connectivity index (χ1n) is 6.37. The molecule has 0 spiro atoms. The van der Waals surface area contributed by atoms with Crippen molar-refractivity contribution in [2.75, 3.05) is 6.54 Å². The van der Waals surface area contributed by atoms with Gasteiger partial charge in [0.2, 0.25) is 0 Å². The fourth-order valence-electron chi connectivity index (χ4n) is 2.45. The van der Waals surface area contributed by atoms with Crippen LogP contribution in [0.1, 0.15) is 39.0 Å². The molecule has 0 aromatic carbocycles. The molecule has 2 amide bonds. The number of nitrogens with zero attached hydrogens (tertiary/aromatic N) is 1. The summed E-state index contributed by atoms with van der Waals surface area (Å²) in [6.45, 7) is 2.79. The number of carboxylic acids is 1. The lowest BCUT2D eigenvalue weighted by Gasteiger charge is -2.35. The highest BCUT2D eigenvalue weighted by molar-refractivity contribution is 5.76. The number of carbonyl (C=O) groups is 2. The third kappa shape index (κ3) is 3.11. The predicted molar refractivity (Wildman–Crippen MR) is 62.7 cm³/mol. The molecule has 0 aromatic heterocycles. The zero-order valence-corrected chi connectivity index (χ0v) is 10.2. The molecule has 2 N–H and O–H groups in total. The third-order valence-electron chi connectivity index (χ3n) is 3.72.